The topological polar surface area (TPSA) is 54.0 Å². The summed E-state index contributed by atoms with van der Waals surface area (Å²) >= 11 is 3.28. The molecule has 0 aliphatic heterocycles. The predicted octanol–water partition coefficient (Wildman–Crippen LogP) is 2.57. The zero-order chi connectivity index (χ0) is 13.0. The van der Waals surface area contributed by atoms with E-state index in [-0.39, 0.29) is 5.91 Å². The van der Waals surface area contributed by atoms with Gasteiger partial charge in [0.15, 0.2) is 4.34 Å². The van der Waals surface area contributed by atoms with Gasteiger partial charge < -0.3 is 10.6 Å². The van der Waals surface area contributed by atoms with Gasteiger partial charge in [0.1, 0.15) is 0 Å². The molecule has 0 bridgehead atoms. The van der Waals surface area contributed by atoms with E-state index in [2.05, 4.69) is 15.6 Å². The standard InChI is InChI=1S/C12H15N3OS2/c1-3-13-7-11(16)14-8-4-5-9-10(6-8)18-12(15-9)17-2/h4-6,13H,3,7H2,1-2H3,(H,14,16). The number of likely N-dealkylation sites (N-methyl/N-ethyl adjacent to an activating group) is 1. The van der Waals surface area contributed by atoms with Crippen LogP contribution in [0.25, 0.3) is 10.2 Å². The van der Waals surface area contributed by atoms with Crippen molar-refractivity contribution in [2.24, 2.45) is 0 Å². The van der Waals surface area contributed by atoms with Gasteiger partial charge in [-0.1, -0.05) is 18.7 Å². The molecule has 0 aliphatic carbocycles. The number of nitrogens with zero attached hydrogens (tertiary/aromatic N) is 1. The lowest BCUT2D eigenvalue weighted by Gasteiger charge is -2.05. The molecule has 6 heteroatoms. The highest BCUT2D eigenvalue weighted by Crippen LogP contribution is 2.29. The van der Waals surface area contributed by atoms with Crippen LogP contribution in [0.15, 0.2) is 22.5 Å². The van der Waals surface area contributed by atoms with E-state index in [1.54, 1.807) is 23.1 Å². The molecule has 2 N–H and O–H groups in total. The summed E-state index contributed by atoms with van der Waals surface area (Å²) in [7, 11) is 0. The van der Waals surface area contributed by atoms with E-state index in [4.69, 9.17) is 0 Å². The molecule has 1 aromatic heterocycles. The number of hydrogen-bond donors (Lipinski definition) is 2. The van der Waals surface area contributed by atoms with Crippen molar-refractivity contribution in [2.45, 2.75) is 11.3 Å². The SMILES string of the molecule is CCNCC(=O)Nc1ccc2nc(SC)sc2c1. The van der Waals surface area contributed by atoms with Gasteiger partial charge in [0.2, 0.25) is 5.91 Å². The third kappa shape index (κ3) is 3.22. The van der Waals surface area contributed by atoms with E-state index in [0.29, 0.717) is 6.54 Å². The number of anilines is 1. The Bertz CT molecular complexity index is 553. The van der Waals surface area contributed by atoms with Crippen LogP contribution in [0.1, 0.15) is 6.92 Å². The lowest BCUT2D eigenvalue weighted by Crippen LogP contribution is -2.27. The number of carbonyl (C=O) groups is 1. The summed E-state index contributed by atoms with van der Waals surface area (Å²) in [4.78, 5) is 16.0. The zero-order valence-corrected chi connectivity index (χ0v) is 12.0. The number of thiazole rings is 1. The minimum atomic E-state index is -0.0224. The second kappa shape index (κ2) is 6.17. The number of carbonyl (C=O) groups excluding carboxylic acids is 1. The molecule has 96 valence electrons. The first-order valence-corrected chi connectivity index (χ1v) is 7.72. The number of hydrogen-bond acceptors (Lipinski definition) is 5. The Kier molecular flexibility index (Phi) is 4.57. The maximum absolute atomic E-state index is 11.6. The van der Waals surface area contributed by atoms with Gasteiger partial charge in [0, 0.05) is 5.69 Å². The molecule has 1 amide bonds. The predicted molar refractivity (Wildman–Crippen MR) is 78.6 cm³/mol. The van der Waals surface area contributed by atoms with Crippen molar-refractivity contribution >= 4 is 44.9 Å². The van der Waals surface area contributed by atoms with Crippen molar-refractivity contribution in [3.8, 4) is 0 Å². The Morgan fingerprint density at radius 3 is 3.06 bits per heavy atom. The molecular weight excluding hydrogens is 266 g/mol. The van der Waals surface area contributed by atoms with Gasteiger partial charge in [-0.05, 0) is 31.0 Å². The molecule has 0 atom stereocenters. The highest BCUT2D eigenvalue weighted by molar-refractivity contribution is 8.00. The van der Waals surface area contributed by atoms with Crippen molar-refractivity contribution in [2.75, 3.05) is 24.7 Å². The normalized spacial score (nSPS) is 10.8. The van der Waals surface area contributed by atoms with Crippen molar-refractivity contribution in [1.82, 2.24) is 10.3 Å². The number of nitrogens with one attached hydrogen (secondary N) is 2. The van der Waals surface area contributed by atoms with Crippen LogP contribution in [0.3, 0.4) is 0 Å². The van der Waals surface area contributed by atoms with Crippen LogP contribution in [0, 0.1) is 0 Å². The molecule has 18 heavy (non-hydrogen) atoms. The molecule has 1 heterocycles. The number of rotatable bonds is 5. The Hall–Kier alpha value is -1.11. The zero-order valence-electron chi connectivity index (χ0n) is 10.3. The fourth-order valence-corrected chi connectivity index (χ4v) is 3.04. The molecular formula is C12H15N3OS2. The first kappa shape index (κ1) is 13.3. The van der Waals surface area contributed by atoms with Crippen molar-refractivity contribution in [1.29, 1.82) is 0 Å². The fourth-order valence-electron chi connectivity index (χ4n) is 1.51. The molecule has 2 aromatic rings. The van der Waals surface area contributed by atoms with Gasteiger partial charge in [-0.3, -0.25) is 4.79 Å². The molecule has 0 unspecified atom stereocenters. The lowest BCUT2D eigenvalue weighted by molar-refractivity contribution is -0.115. The highest BCUT2D eigenvalue weighted by Gasteiger charge is 2.05. The Balaban J connectivity index is 2.11. The summed E-state index contributed by atoms with van der Waals surface area (Å²) in [5.74, 6) is -0.0224. The van der Waals surface area contributed by atoms with E-state index in [9.17, 15) is 4.79 Å². The molecule has 1 aromatic carbocycles. The summed E-state index contributed by atoms with van der Waals surface area (Å²) in [6.07, 6.45) is 2.01. The van der Waals surface area contributed by atoms with Gasteiger partial charge >= 0.3 is 0 Å². The lowest BCUT2D eigenvalue weighted by atomic mass is 10.3. The second-order valence-electron chi connectivity index (χ2n) is 3.69. The van der Waals surface area contributed by atoms with Crippen LogP contribution >= 0.6 is 23.1 Å². The first-order chi connectivity index (χ1) is 8.72. The summed E-state index contributed by atoms with van der Waals surface area (Å²) in [6.45, 7) is 3.10. The van der Waals surface area contributed by atoms with E-state index in [0.717, 1.165) is 26.8 Å². The van der Waals surface area contributed by atoms with E-state index >= 15 is 0 Å². The number of amides is 1. The smallest absolute Gasteiger partial charge is 0.238 e. The summed E-state index contributed by atoms with van der Waals surface area (Å²) in [5.41, 5.74) is 1.80. The monoisotopic (exact) mass is 281 g/mol. The molecule has 0 spiro atoms. The van der Waals surface area contributed by atoms with Crippen LogP contribution in [-0.2, 0) is 4.79 Å². The minimum Gasteiger partial charge on any atom is -0.325 e. The van der Waals surface area contributed by atoms with Gasteiger partial charge in [0.05, 0.1) is 16.8 Å². The molecule has 0 saturated heterocycles. The summed E-state index contributed by atoms with van der Waals surface area (Å²) in [6, 6.07) is 5.79. The number of fused-ring (bicyclic) bond motifs is 1. The molecule has 2 rings (SSSR count). The molecule has 0 radical (unpaired) electrons. The van der Waals surface area contributed by atoms with Gasteiger partial charge in [0.25, 0.3) is 0 Å². The van der Waals surface area contributed by atoms with Crippen molar-refractivity contribution < 1.29 is 4.79 Å². The van der Waals surface area contributed by atoms with Crippen LogP contribution in [0.4, 0.5) is 5.69 Å². The Morgan fingerprint density at radius 2 is 2.33 bits per heavy atom. The quantitative estimate of drug-likeness (QED) is 0.827. The average molecular weight is 281 g/mol. The fraction of sp³-hybridized carbons (Fsp3) is 0.333. The second-order valence-corrected chi connectivity index (χ2v) is 5.78. The molecule has 0 fully saturated rings. The third-order valence-electron chi connectivity index (χ3n) is 2.36. The number of benzene rings is 1. The maximum atomic E-state index is 11.6. The van der Waals surface area contributed by atoms with Gasteiger partial charge in [-0.25, -0.2) is 4.98 Å². The average Bonchev–Trinajstić information content (AvgIpc) is 2.78. The summed E-state index contributed by atoms with van der Waals surface area (Å²) in [5, 5.41) is 5.86. The molecule has 0 saturated carbocycles. The van der Waals surface area contributed by atoms with Crippen molar-refractivity contribution in [3.05, 3.63) is 18.2 Å². The number of aromatic nitrogens is 1. The summed E-state index contributed by atoms with van der Waals surface area (Å²) < 4.78 is 2.14. The Morgan fingerprint density at radius 1 is 1.50 bits per heavy atom. The maximum Gasteiger partial charge on any atom is 0.238 e. The van der Waals surface area contributed by atoms with Crippen LogP contribution in [-0.4, -0.2) is 30.2 Å². The molecule has 0 aliphatic rings. The minimum absolute atomic E-state index is 0.0224. The Labute approximate surface area is 114 Å². The van der Waals surface area contributed by atoms with Gasteiger partial charge in [-0.2, -0.15) is 0 Å². The number of thioether (sulfide) groups is 1. The van der Waals surface area contributed by atoms with Crippen molar-refractivity contribution in [3.63, 3.8) is 0 Å². The molecule has 4 nitrogen and oxygen atoms in total. The van der Waals surface area contributed by atoms with Crippen LogP contribution < -0.4 is 10.6 Å². The van der Waals surface area contributed by atoms with Gasteiger partial charge in [-0.15, -0.1) is 11.3 Å². The van der Waals surface area contributed by atoms with Crippen LogP contribution in [0.2, 0.25) is 0 Å². The largest absolute Gasteiger partial charge is 0.325 e. The van der Waals surface area contributed by atoms with E-state index in [1.165, 1.54) is 0 Å². The van der Waals surface area contributed by atoms with E-state index < -0.39 is 0 Å². The highest BCUT2D eigenvalue weighted by atomic mass is 32.2. The van der Waals surface area contributed by atoms with E-state index in [1.807, 2.05) is 31.4 Å². The third-order valence-corrected chi connectivity index (χ3v) is 4.37. The first-order valence-electron chi connectivity index (χ1n) is 5.68. The van der Waals surface area contributed by atoms with Crippen LogP contribution in [0.5, 0.6) is 0 Å².